The minimum absolute atomic E-state index is 0.0239. The third-order valence-electron chi connectivity index (χ3n) is 6.80. The van der Waals surface area contributed by atoms with Gasteiger partial charge in [-0.15, -0.1) is 0 Å². The van der Waals surface area contributed by atoms with Gasteiger partial charge in [-0.05, 0) is 50.1 Å². The van der Waals surface area contributed by atoms with Crippen molar-refractivity contribution in [3.05, 3.63) is 12.2 Å². The summed E-state index contributed by atoms with van der Waals surface area (Å²) < 4.78 is 0. The molecule has 0 spiro atoms. The monoisotopic (exact) mass is 387 g/mol. The Balaban J connectivity index is 1.20. The van der Waals surface area contributed by atoms with E-state index in [0.29, 0.717) is 19.0 Å². The average molecular weight is 388 g/mol. The molecule has 2 saturated heterocycles. The van der Waals surface area contributed by atoms with E-state index in [1.807, 2.05) is 0 Å². The van der Waals surface area contributed by atoms with E-state index in [-0.39, 0.29) is 35.5 Å². The molecule has 2 amide bonds. The Morgan fingerprint density at radius 1 is 1.14 bits per heavy atom. The molecule has 0 aromatic heterocycles. The second-order valence-electron chi connectivity index (χ2n) is 8.82. The number of allylic oxidation sites excluding steroid dienone is 2. The Hall–Kier alpha value is -1.89. The fraction of sp³-hybridized carbons (Fsp3) is 0.762. The van der Waals surface area contributed by atoms with Crippen LogP contribution in [-0.4, -0.2) is 73.9 Å². The van der Waals surface area contributed by atoms with Crippen LogP contribution >= 0.6 is 0 Å². The van der Waals surface area contributed by atoms with Gasteiger partial charge in [0.05, 0.1) is 11.8 Å². The van der Waals surface area contributed by atoms with E-state index in [4.69, 9.17) is 0 Å². The summed E-state index contributed by atoms with van der Waals surface area (Å²) in [5.74, 6) is 1.66. The number of aliphatic imine (C=N–C) groups is 1. The summed E-state index contributed by atoms with van der Waals surface area (Å²) in [7, 11) is 1.75. The van der Waals surface area contributed by atoms with Crippen molar-refractivity contribution in [3.8, 4) is 0 Å². The van der Waals surface area contributed by atoms with E-state index < -0.39 is 0 Å². The normalized spacial score (nSPS) is 33.1. The summed E-state index contributed by atoms with van der Waals surface area (Å²) in [5, 5.41) is 6.62. The lowest BCUT2D eigenvalue weighted by Crippen LogP contribution is -2.45. The molecule has 3 fully saturated rings. The molecule has 7 heteroatoms. The molecular weight excluding hydrogens is 354 g/mol. The molecular formula is C21H33N5O2. The molecule has 2 bridgehead atoms. The fourth-order valence-corrected chi connectivity index (χ4v) is 5.43. The van der Waals surface area contributed by atoms with E-state index in [2.05, 4.69) is 39.6 Å². The molecule has 2 aliphatic heterocycles. The Kier molecular flexibility index (Phi) is 5.71. The summed E-state index contributed by atoms with van der Waals surface area (Å²) in [6.45, 7) is 7.59. The average Bonchev–Trinajstić information content (AvgIpc) is 3.46. The van der Waals surface area contributed by atoms with E-state index in [1.165, 1.54) is 30.8 Å². The number of hydrogen-bond donors (Lipinski definition) is 2. The van der Waals surface area contributed by atoms with Gasteiger partial charge in [0.25, 0.3) is 0 Å². The molecule has 2 N–H and O–H groups in total. The summed E-state index contributed by atoms with van der Waals surface area (Å²) in [4.78, 5) is 33.7. The first-order chi connectivity index (χ1) is 13.6. The van der Waals surface area contributed by atoms with Crippen LogP contribution in [0, 0.1) is 29.6 Å². The summed E-state index contributed by atoms with van der Waals surface area (Å²) >= 11 is 0. The second kappa shape index (κ2) is 8.23. The largest absolute Gasteiger partial charge is 0.356 e. The first-order valence-corrected chi connectivity index (χ1v) is 10.8. The van der Waals surface area contributed by atoms with Crippen LogP contribution in [-0.2, 0) is 9.59 Å². The Labute approximate surface area is 167 Å². The highest BCUT2D eigenvalue weighted by molar-refractivity contribution is 6.06. The molecule has 4 aliphatic rings. The molecule has 4 rings (SSSR count). The van der Waals surface area contributed by atoms with Gasteiger partial charge < -0.3 is 15.5 Å². The summed E-state index contributed by atoms with van der Waals surface area (Å²) in [5.41, 5.74) is 0. The van der Waals surface area contributed by atoms with Gasteiger partial charge >= 0.3 is 0 Å². The van der Waals surface area contributed by atoms with Crippen LogP contribution in [0.3, 0.4) is 0 Å². The minimum Gasteiger partial charge on any atom is -0.356 e. The van der Waals surface area contributed by atoms with E-state index >= 15 is 0 Å². The van der Waals surface area contributed by atoms with E-state index in [1.54, 1.807) is 7.05 Å². The van der Waals surface area contributed by atoms with Gasteiger partial charge in [-0.25, -0.2) is 0 Å². The first-order valence-electron chi connectivity index (χ1n) is 10.8. The standard InChI is InChI=1S/C21H33N5O2/c1-14(13-25-8-3-4-9-25)12-24-21(22-2)23-7-10-26-19(27)17-15-5-6-16(11-15)18(17)20(26)28/h5-6,14-18H,3-4,7-13H2,1-2H3,(H2,22,23,24). The predicted molar refractivity (Wildman–Crippen MR) is 109 cm³/mol. The third kappa shape index (κ3) is 3.69. The molecule has 28 heavy (non-hydrogen) atoms. The molecule has 0 aromatic carbocycles. The molecule has 2 aliphatic carbocycles. The zero-order valence-electron chi connectivity index (χ0n) is 17.1. The maximum Gasteiger partial charge on any atom is 0.233 e. The molecule has 5 unspecified atom stereocenters. The number of nitrogens with zero attached hydrogens (tertiary/aromatic N) is 3. The Morgan fingerprint density at radius 2 is 1.79 bits per heavy atom. The second-order valence-corrected chi connectivity index (χ2v) is 8.82. The lowest BCUT2D eigenvalue weighted by atomic mass is 9.85. The van der Waals surface area contributed by atoms with Crippen LogP contribution in [0.25, 0.3) is 0 Å². The maximum absolute atomic E-state index is 12.7. The van der Waals surface area contributed by atoms with Gasteiger partial charge in [0.15, 0.2) is 5.96 Å². The van der Waals surface area contributed by atoms with Gasteiger partial charge in [-0.2, -0.15) is 0 Å². The maximum atomic E-state index is 12.7. The van der Waals surface area contributed by atoms with E-state index in [9.17, 15) is 9.59 Å². The molecule has 0 radical (unpaired) electrons. The Bertz CT molecular complexity index is 640. The smallest absolute Gasteiger partial charge is 0.233 e. The van der Waals surface area contributed by atoms with Crippen molar-refractivity contribution in [1.29, 1.82) is 0 Å². The number of amides is 2. The SMILES string of the molecule is CN=C(NCCN1C(=O)C2C3C=CC(C3)C2C1=O)NCC(C)CN1CCCC1. The zero-order valence-corrected chi connectivity index (χ0v) is 17.1. The summed E-state index contributed by atoms with van der Waals surface area (Å²) in [6, 6.07) is 0. The minimum atomic E-state index is -0.105. The van der Waals surface area contributed by atoms with Crippen molar-refractivity contribution in [2.75, 3.05) is 46.3 Å². The van der Waals surface area contributed by atoms with Crippen molar-refractivity contribution in [2.24, 2.45) is 34.6 Å². The number of hydrogen-bond acceptors (Lipinski definition) is 4. The quantitative estimate of drug-likeness (QED) is 0.291. The molecule has 0 aromatic rings. The number of imide groups is 1. The van der Waals surface area contributed by atoms with Crippen molar-refractivity contribution in [1.82, 2.24) is 20.4 Å². The van der Waals surface area contributed by atoms with Crippen molar-refractivity contribution >= 4 is 17.8 Å². The Morgan fingerprint density at radius 3 is 2.39 bits per heavy atom. The number of guanidine groups is 1. The van der Waals surface area contributed by atoms with Crippen LogP contribution in [0.4, 0.5) is 0 Å². The van der Waals surface area contributed by atoms with Crippen LogP contribution < -0.4 is 10.6 Å². The lowest BCUT2D eigenvalue weighted by Gasteiger charge is -2.22. The van der Waals surface area contributed by atoms with Gasteiger partial charge in [0, 0.05) is 33.2 Å². The highest BCUT2D eigenvalue weighted by Crippen LogP contribution is 2.52. The number of carbonyl (C=O) groups excluding carboxylic acids is 2. The third-order valence-corrected chi connectivity index (χ3v) is 6.80. The predicted octanol–water partition coefficient (Wildman–Crippen LogP) is 0.690. The first kappa shape index (κ1) is 19.4. The van der Waals surface area contributed by atoms with Crippen LogP contribution in [0.5, 0.6) is 0 Å². The number of likely N-dealkylation sites (tertiary alicyclic amines) is 2. The molecule has 7 nitrogen and oxygen atoms in total. The molecule has 2 heterocycles. The number of fused-ring (bicyclic) bond motifs is 5. The van der Waals surface area contributed by atoms with Gasteiger partial charge in [0.1, 0.15) is 0 Å². The van der Waals surface area contributed by atoms with Crippen LogP contribution in [0.1, 0.15) is 26.2 Å². The number of rotatable bonds is 7. The topological polar surface area (TPSA) is 77.0 Å². The molecule has 154 valence electrons. The molecule has 5 atom stereocenters. The van der Waals surface area contributed by atoms with Gasteiger partial charge in [0.2, 0.25) is 11.8 Å². The number of carbonyl (C=O) groups is 2. The van der Waals surface area contributed by atoms with Crippen LogP contribution in [0.2, 0.25) is 0 Å². The lowest BCUT2D eigenvalue weighted by molar-refractivity contribution is -0.140. The fourth-order valence-electron chi connectivity index (χ4n) is 5.43. The van der Waals surface area contributed by atoms with Crippen molar-refractivity contribution < 1.29 is 9.59 Å². The summed E-state index contributed by atoms with van der Waals surface area (Å²) in [6.07, 6.45) is 7.87. The van der Waals surface area contributed by atoms with E-state index in [0.717, 1.165) is 25.5 Å². The van der Waals surface area contributed by atoms with Crippen molar-refractivity contribution in [2.45, 2.75) is 26.2 Å². The molecule has 1 saturated carbocycles. The highest BCUT2D eigenvalue weighted by Gasteiger charge is 2.58. The van der Waals surface area contributed by atoms with Gasteiger partial charge in [-0.3, -0.25) is 19.5 Å². The zero-order chi connectivity index (χ0) is 19.7. The number of nitrogens with one attached hydrogen (secondary N) is 2. The van der Waals surface area contributed by atoms with Crippen molar-refractivity contribution in [3.63, 3.8) is 0 Å². The van der Waals surface area contributed by atoms with Gasteiger partial charge in [-0.1, -0.05) is 19.1 Å². The highest BCUT2D eigenvalue weighted by atomic mass is 16.2. The van der Waals surface area contributed by atoms with Crippen LogP contribution in [0.15, 0.2) is 17.1 Å².